The largest absolute Gasteiger partial charge is 2.00 e. The molecule has 0 heterocycles. The van der Waals surface area contributed by atoms with Gasteiger partial charge in [0.25, 0.3) is 0 Å². The van der Waals surface area contributed by atoms with Crippen molar-refractivity contribution in [2.45, 2.75) is 69.2 Å². The van der Waals surface area contributed by atoms with Gasteiger partial charge in [-0.25, -0.2) is 0 Å². The molecule has 2 nitrogen and oxygen atoms in total. The van der Waals surface area contributed by atoms with Gasteiger partial charge in [0.15, 0.2) is 0 Å². The second-order valence-electron chi connectivity index (χ2n) is 7.14. The summed E-state index contributed by atoms with van der Waals surface area (Å²) in [6, 6.07) is 0. The van der Waals surface area contributed by atoms with Crippen LogP contribution in [-0.4, -0.2) is 28.2 Å². The molecule has 0 spiro atoms. The Morgan fingerprint density at radius 1 is 0.296 bits per heavy atom. The van der Waals surface area contributed by atoms with E-state index in [0.29, 0.717) is 0 Å². The van der Waals surface area contributed by atoms with Crippen LogP contribution < -0.4 is 0 Å². The predicted molar refractivity (Wildman–Crippen MR) is 120 cm³/mol. The van der Waals surface area contributed by atoms with Crippen molar-refractivity contribution >= 4 is 0 Å². The molecule has 3 heteroatoms. The predicted octanol–water partition coefficient (Wildman–Crippen LogP) is 7.18. The van der Waals surface area contributed by atoms with Crippen molar-refractivity contribution in [3.05, 3.63) is 69.8 Å². The molecular weight excluding hydrogens is 408 g/mol. The van der Waals surface area contributed by atoms with Crippen molar-refractivity contribution in [3.8, 4) is 0 Å². The van der Waals surface area contributed by atoms with Gasteiger partial charge in [-0.05, 0) is 59.2 Å². The number of hydrogen-bond donors (Lipinski definition) is 0. The van der Waals surface area contributed by atoms with Crippen LogP contribution in [0.2, 0.25) is 0 Å². The van der Waals surface area contributed by atoms with E-state index in [0.717, 1.165) is 0 Å². The molecule has 0 aromatic carbocycles. The molecule has 10 radical (unpaired) electrons. The third-order valence-electron chi connectivity index (χ3n) is 5.62. The third kappa shape index (κ3) is 9.90. The van der Waals surface area contributed by atoms with Gasteiger partial charge in [0.1, 0.15) is 0 Å². The van der Waals surface area contributed by atoms with E-state index in [-0.39, 0.29) is 26.2 Å². The van der Waals surface area contributed by atoms with Gasteiger partial charge < -0.3 is 10.6 Å². The summed E-state index contributed by atoms with van der Waals surface area (Å²) in [5.74, 6) is 14.7. The summed E-state index contributed by atoms with van der Waals surface area (Å²) < 4.78 is 0. The van der Waals surface area contributed by atoms with Gasteiger partial charge in [0.05, 0.1) is 0 Å². The van der Waals surface area contributed by atoms with Crippen molar-refractivity contribution in [2.75, 3.05) is 28.2 Å². The zero-order valence-electron chi connectivity index (χ0n) is 20.4. The summed E-state index contributed by atoms with van der Waals surface area (Å²) in [4.78, 5) is 0. The number of hydrogen-bond acceptors (Lipinski definition) is 0. The maximum absolute atomic E-state index is 3.50. The number of nitrogens with zero attached hydrogens (tertiary/aromatic N) is 2. The summed E-state index contributed by atoms with van der Waals surface area (Å²) in [6.45, 7) is 22.0. The van der Waals surface area contributed by atoms with E-state index in [1.807, 2.05) is 0 Å². The summed E-state index contributed by atoms with van der Waals surface area (Å²) in [6.07, 6.45) is 0. The molecule has 2 rings (SSSR count). The van der Waals surface area contributed by atoms with Crippen LogP contribution in [0.1, 0.15) is 69.2 Å². The molecule has 2 aliphatic carbocycles. The van der Waals surface area contributed by atoms with E-state index in [1.54, 1.807) is 28.2 Å². The van der Waals surface area contributed by atoms with Crippen LogP contribution in [0, 0.1) is 59.2 Å². The Bertz CT molecular complexity index is 215. The molecule has 0 saturated heterocycles. The summed E-state index contributed by atoms with van der Waals surface area (Å²) in [7, 11) is 7.00. The fourth-order valence-electron chi connectivity index (χ4n) is 2.81. The standard InChI is InChI=1S/2C10H15.2C2H6N.Zr/c2*1-6-7(2)9(4)10(5)8(6)3;2*1-3-2;/h2*1-5H3;2*1-2H3;/q;;2*-1;+2. The van der Waals surface area contributed by atoms with Crippen molar-refractivity contribution in [3.63, 3.8) is 0 Å². The van der Waals surface area contributed by atoms with Crippen LogP contribution in [0.3, 0.4) is 0 Å². The minimum absolute atomic E-state index is 0. The smallest absolute Gasteiger partial charge is 0.668 e. The molecule has 0 atom stereocenters. The van der Waals surface area contributed by atoms with Crippen LogP contribution in [0.5, 0.6) is 0 Å². The molecule has 2 aliphatic rings. The normalized spacial score (nSPS) is 22.4. The maximum Gasteiger partial charge on any atom is 2.00 e. The molecule has 0 aromatic rings. The molecule has 2 fully saturated rings. The van der Waals surface area contributed by atoms with Crippen LogP contribution >= 0.6 is 0 Å². The molecule has 2 saturated carbocycles. The first-order chi connectivity index (χ1) is 11.9. The van der Waals surface area contributed by atoms with Gasteiger partial charge in [-0.2, -0.15) is 28.2 Å². The van der Waals surface area contributed by atoms with Crippen molar-refractivity contribution < 1.29 is 26.2 Å². The Balaban J connectivity index is -0.000000322. The molecular formula is C24H42N2Zr. The third-order valence-corrected chi connectivity index (χ3v) is 5.62. The second-order valence-corrected chi connectivity index (χ2v) is 7.14. The summed E-state index contributed by atoms with van der Waals surface area (Å²) in [5, 5.41) is 7.00. The molecule has 0 amide bonds. The van der Waals surface area contributed by atoms with E-state index in [1.165, 1.54) is 59.2 Å². The molecule has 0 aliphatic heterocycles. The van der Waals surface area contributed by atoms with E-state index in [2.05, 4.69) is 79.9 Å². The molecule has 27 heavy (non-hydrogen) atoms. The van der Waals surface area contributed by atoms with Crippen LogP contribution in [0.25, 0.3) is 10.6 Å². The first kappa shape index (κ1) is 32.5. The topological polar surface area (TPSA) is 28.2 Å². The zero-order valence-corrected chi connectivity index (χ0v) is 22.9. The van der Waals surface area contributed by atoms with Gasteiger partial charge in [0, 0.05) is 0 Å². The van der Waals surface area contributed by atoms with Crippen LogP contribution in [0.4, 0.5) is 0 Å². The Hall–Kier alpha value is 0.803. The van der Waals surface area contributed by atoms with E-state index in [9.17, 15) is 0 Å². The summed E-state index contributed by atoms with van der Waals surface area (Å²) in [5.41, 5.74) is 0. The van der Waals surface area contributed by atoms with Gasteiger partial charge in [0.2, 0.25) is 0 Å². The Kier molecular flexibility index (Phi) is 19.9. The minimum atomic E-state index is 0. The molecule has 0 N–H and O–H groups in total. The zero-order chi connectivity index (χ0) is 21.2. The first-order valence-corrected chi connectivity index (χ1v) is 9.29. The van der Waals surface area contributed by atoms with E-state index >= 15 is 0 Å². The fourth-order valence-corrected chi connectivity index (χ4v) is 2.81. The fraction of sp³-hybridized carbons (Fsp3) is 0.583. The summed E-state index contributed by atoms with van der Waals surface area (Å²) >= 11 is 0. The average Bonchev–Trinajstić information content (AvgIpc) is 2.87. The van der Waals surface area contributed by atoms with Gasteiger partial charge in [-0.1, -0.05) is 69.2 Å². The first-order valence-electron chi connectivity index (χ1n) is 9.29. The Morgan fingerprint density at radius 3 is 0.370 bits per heavy atom. The van der Waals surface area contributed by atoms with Gasteiger partial charge >= 0.3 is 26.2 Å². The molecule has 0 aromatic heterocycles. The Labute approximate surface area is 192 Å². The minimum Gasteiger partial charge on any atom is -0.668 e. The maximum atomic E-state index is 3.50. The van der Waals surface area contributed by atoms with Gasteiger partial charge in [-0.3, -0.25) is 0 Å². The van der Waals surface area contributed by atoms with E-state index < -0.39 is 0 Å². The molecule has 0 unspecified atom stereocenters. The van der Waals surface area contributed by atoms with Gasteiger partial charge in [-0.15, -0.1) is 0 Å². The van der Waals surface area contributed by atoms with Crippen molar-refractivity contribution in [2.24, 2.45) is 0 Å². The Morgan fingerprint density at radius 2 is 0.333 bits per heavy atom. The quantitative estimate of drug-likeness (QED) is 0.374. The van der Waals surface area contributed by atoms with E-state index in [4.69, 9.17) is 0 Å². The second kappa shape index (κ2) is 16.6. The average molecular weight is 450 g/mol. The van der Waals surface area contributed by atoms with Crippen molar-refractivity contribution in [1.29, 1.82) is 0 Å². The monoisotopic (exact) mass is 448 g/mol. The molecule has 152 valence electrons. The van der Waals surface area contributed by atoms with Crippen LogP contribution in [-0.2, 0) is 26.2 Å². The van der Waals surface area contributed by atoms with Crippen molar-refractivity contribution in [1.82, 2.24) is 0 Å². The molecule has 0 bridgehead atoms. The van der Waals surface area contributed by atoms with Crippen LogP contribution in [0.15, 0.2) is 0 Å². The number of rotatable bonds is 0. The SMILES string of the molecule is C[C]1[C](C)[C](C)[C](C)[C]1C.C[C]1[C](C)[C](C)[C](C)[C]1C.C[N-]C.C[N-]C.[Zr+2].